The average Bonchev–Trinajstić information content (AvgIpc) is 2.47. The largest absolute Gasteiger partial charge is 0.269 e. The minimum Gasteiger partial charge on any atom is -0.269 e. The van der Waals surface area contributed by atoms with Gasteiger partial charge in [0.25, 0.3) is 10.0 Å². The van der Waals surface area contributed by atoms with Crippen LogP contribution in [0.15, 0.2) is 47.4 Å². The molecule has 3 nitrogen and oxygen atoms in total. The zero-order chi connectivity index (χ0) is 15.6. The summed E-state index contributed by atoms with van der Waals surface area (Å²) in [4.78, 5) is 0.0630. The van der Waals surface area contributed by atoms with Crippen molar-refractivity contribution in [2.24, 2.45) is 0 Å². The van der Waals surface area contributed by atoms with Crippen LogP contribution in [0.1, 0.15) is 11.1 Å². The fourth-order valence-corrected chi connectivity index (χ4v) is 3.97. The maximum Gasteiger partial charge on any atom is 0.265 e. The van der Waals surface area contributed by atoms with E-state index >= 15 is 0 Å². The van der Waals surface area contributed by atoms with Gasteiger partial charge in [0.1, 0.15) is 4.90 Å². The fraction of sp³-hybridized carbons (Fsp3) is 0.200. The quantitative estimate of drug-likeness (QED) is 0.779. The van der Waals surface area contributed by atoms with Gasteiger partial charge in [-0.2, -0.15) is 0 Å². The number of aryl methyl sites for hydroxylation is 1. The van der Waals surface area contributed by atoms with Crippen LogP contribution in [0.4, 0.5) is 5.69 Å². The topological polar surface area (TPSA) is 37.4 Å². The molecule has 2 rings (SSSR count). The first-order valence-electron chi connectivity index (χ1n) is 6.27. The van der Waals surface area contributed by atoms with Crippen molar-refractivity contribution in [2.75, 3.05) is 11.4 Å². The lowest BCUT2D eigenvalue weighted by molar-refractivity contribution is 0.594. The molecule has 2 aromatic carbocycles. The number of benzene rings is 2. The van der Waals surface area contributed by atoms with Crippen LogP contribution in [-0.2, 0) is 15.9 Å². The summed E-state index contributed by atoms with van der Waals surface area (Å²) >= 11 is 11.8. The van der Waals surface area contributed by atoms with E-state index in [1.165, 1.54) is 17.4 Å². The number of alkyl halides is 1. The highest BCUT2D eigenvalue weighted by atomic mass is 35.5. The van der Waals surface area contributed by atoms with Gasteiger partial charge in [-0.1, -0.05) is 35.9 Å². The molecule has 0 aliphatic carbocycles. The first-order chi connectivity index (χ1) is 9.87. The van der Waals surface area contributed by atoms with Crippen LogP contribution in [-0.4, -0.2) is 15.5 Å². The number of halogens is 2. The maximum atomic E-state index is 12.8. The van der Waals surface area contributed by atoms with Crippen molar-refractivity contribution in [1.82, 2.24) is 0 Å². The van der Waals surface area contributed by atoms with Gasteiger partial charge in [0, 0.05) is 12.9 Å². The van der Waals surface area contributed by atoms with Gasteiger partial charge < -0.3 is 0 Å². The van der Waals surface area contributed by atoms with Gasteiger partial charge in [-0.25, -0.2) is 8.42 Å². The number of anilines is 1. The SMILES string of the molecule is Cc1ccccc1N(C)S(=O)(=O)c1cc(CCl)ccc1Cl. The minimum atomic E-state index is -3.74. The van der Waals surface area contributed by atoms with E-state index < -0.39 is 10.0 Å². The Morgan fingerprint density at radius 1 is 1.14 bits per heavy atom. The molecule has 2 aromatic rings. The van der Waals surface area contributed by atoms with Crippen molar-refractivity contribution in [3.63, 3.8) is 0 Å². The molecule has 0 saturated heterocycles. The third-order valence-electron chi connectivity index (χ3n) is 3.24. The van der Waals surface area contributed by atoms with E-state index in [4.69, 9.17) is 23.2 Å². The Bertz CT molecular complexity index is 760. The van der Waals surface area contributed by atoms with Crippen LogP contribution in [0.25, 0.3) is 0 Å². The first kappa shape index (κ1) is 16.1. The van der Waals surface area contributed by atoms with Crippen LogP contribution in [0, 0.1) is 6.92 Å². The van der Waals surface area contributed by atoms with E-state index in [0.717, 1.165) is 5.56 Å². The number of hydrogen-bond acceptors (Lipinski definition) is 2. The van der Waals surface area contributed by atoms with Crippen molar-refractivity contribution >= 4 is 38.9 Å². The standard InChI is InChI=1S/C15H15Cl2NO2S/c1-11-5-3-4-6-14(11)18(2)21(19,20)15-9-12(10-16)7-8-13(15)17/h3-9H,10H2,1-2H3. The van der Waals surface area contributed by atoms with Gasteiger partial charge in [-0.3, -0.25) is 4.31 Å². The Morgan fingerprint density at radius 3 is 2.43 bits per heavy atom. The number of hydrogen-bond donors (Lipinski definition) is 0. The van der Waals surface area contributed by atoms with Crippen molar-refractivity contribution in [3.8, 4) is 0 Å². The number of para-hydroxylation sites is 1. The van der Waals surface area contributed by atoms with E-state index in [0.29, 0.717) is 11.3 Å². The van der Waals surface area contributed by atoms with Gasteiger partial charge >= 0.3 is 0 Å². The van der Waals surface area contributed by atoms with E-state index in [1.807, 2.05) is 19.1 Å². The van der Waals surface area contributed by atoms with Crippen molar-refractivity contribution in [1.29, 1.82) is 0 Å². The molecule has 21 heavy (non-hydrogen) atoms. The van der Waals surface area contributed by atoms with Crippen LogP contribution < -0.4 is 4.31 Å². The monoisotopic (exact) mass is 343 g/mol. The summed E-state index contributed by atoms with van der Waals surface area (Å²) in [5.74, 6) is 0.230. The number of nitrogens with zero attached hydrogens (tertiary/aromatic N) is 1. The summed E-state index contributed by atoms with van der Waals surface area (Å²) in [6.07, 6.45) is 0. The highest BCUT2D eigenvalue weighted by molar-refractivity contribution is 7.93. The first-order valence-corrected chi connectivity index (χ1v) is 8.62. The maximum absolute atomic E-state index is 12.8. The molecule has 6 heteroatoms. The summed E-state index contributed by atoms with van der Waals surface area (Å²) in [7, 11) is -2.22. The highest BCUT2D eigenvalue weighted by Crippen LogP contribution is 2.30. The molecule has 0 amide bonds. The summed E-state index contributed by atoms with van der Waals surface area (Å²) in [5, 5.41) is 0.185. The van der Waals surface area contributed by atoms with Crippen LogP contribution in [0.5, 0.6) is 0 Å². The van der Waals surface area contributed by atoms with Crippen molar-refractivity contribution < 1.29 is 8.42 Å². The fourth-order valence-electron chi connectivity index (χ4n) is 2.02. The second kappa shape index (κ2) is 6.26. The smallest absolute Gasteiger partial charge is 0.265 e. The van der Waals surface area contributed by atoms with Crippen LogP contribution >= 0.6 is 23.2 Å². The lowest BCUT2D eigenvalue weighted by Crippen LogP contribution is -2.27. The molecule has 0 heterocycles. The van der Waals surface area contributed by atoms with Gasteiger partial charge in [-0.15, -0.1) is 11.6 Å². The third-order valence-corrected chi connectivity index (χ3v) is 5.80. The van der Waals surface area contributed by atoms with Crippen LogP contribution in [0.2, 0.25) is 5.02 Å². The Kier molecular flexibility index (Phi) is 4.81. The summed E-state index contributed by atoms with van der Waals surface area (Å²) in [6.45, 7) is 1.86. The molecule has 0 N–H and O–H groups in total. The second-order valence-electron chi connectivity index (χ2n) is 4.66. The zero-order valence-corrected chi connectivity index (χ0v) is 14.0. The molecule has 112 valence electrons. The molecular formula is C15H15Cl2NO2S. The van der Waals surface area contributed by atoms with Crippen molar-refractivity contribution in [2.45, 2.75) is 17.7 Å². The molecule has 0 atom stereocenters. The van der Waals surface area contributed by atoms with Crippen molar-refractivity contribution in [3.05, 3.63) is 58.6 Å². The number of sulfonamides is 1. The third kappa shape index (κ3) is 3.18. The second-order valence-corrected chi connectivity index (χ2v) is 7.27. The van der Waals surface area contributed by atoms with Gasteiger partial charge in [0.2, 0.25) is 0 Å². The minimum absolute atomic E-state index is 0.0630. The summed E-state index contributed by atoms with van der Waals surface area (Å²) in [5.41, 5.74) is 2.19. The molecule has 0 fully saturated rings. The Balaban J connectivity index is 2.54. The van der Waals surface area contributed by atoms with E-state index in [2.05, 4.69) is 0 Å². The molecule has 0 saturated carbocycles. The molecule has 0 aliphatic rings. The normalized spacial score (nSPS) is 11.4. The Hall–Kier alpha value is -1.23. The molecular weight excluding hydrogens is 329 g/mol. The lowest BCUT2D eigenvalue weighted by atomic mass is 10.2. The molecule has 0 aliphatic heterocycles. The Morgan fingerprint density at radius 2 is 1.81 bits per heavy atom. The van der Waals surface area contributed by atoms with Gasteiger partial charge in [0.05, 0.1) is 10.7 Å². The van der Waals surface area contributed by atoms with Gasteiger partial charge in [0.15, 0.2) is 0 Å². The molecule has 0 aromatic heterocycles. The lowest BCUT2D eigenvalue weighted by Gasteiger charge is -2.22. The average molecular weight is 344 g/mol. The van der Waals surface area contributed by atoms with E-state index in [-0.39, 0.29) is 15.8 Å². The number of rotatable bonds is 4. The molecule has 0 radical (unpaired) electrons. The zero-order valence-electron chi connectivity index (χ0n) is 11.7. The predicted molar refractivity (Wildman–Crippen MR) is 87.8 cm³/mol. The molecule has 0 spiro atoms. The van der Waals surface area contributed by atoms with E-state index in [1.54, 1.807) is 24.3 Å². The highest BCUT2D eigenvalue weighted by Gasteiger charge is 2.25. The van der Waals surface area contributed by atoms with Gasteiger partial charge in [-0.05, 0) is 36.2 Å². The molecule has 0 bridgehead atoms. The summed E-state index contributed by atoms with van der Waals surface area (Å²) in [6, 6.07) is 12.1. The predicted octanol–water partition coefficient (Wildman–Crippen LogP) is 4.21. The summed E-state index contributed by atoms with van der Waals surface area (Å²) < 4.78 is 26.8. The van der Waals surface area contributed by atoms with E-state index in [9.17, 15) is 8.42 Å². The van der Waals surface area contributed by atoms with Crippen LogP contribution in [0.3, 0.4) is 0 Å². The Labute approximate surface area is 135 Å². The molecule has 0 unspecified atom stereocenters.